The Kier molecular flexibility index (Phi) is 8.02. The van der Waals surface area contributed by atoms with Crippen molar-refractivity contribution in [2.24, 2.45) is 0 Å². The van der Waals surface area contributed by atoms with Crippen LogP contribution in [0.4, 0.5) is 18.9 Å². The SMILES string of the molecule is COC(=O)c1c(CN2CCC(N3CCOCC3)CC2)c(-c2cccc(C(F)(F)F)c2)nc2ccc([N+](=O)[O-])cc12. The summed E-state index contributed by atoms with van der Waals surface area (Å²) in [6.45, 7) is 4.80. The van der Waals surface area contributed by atoms with Gasteiger partial charge >= 0.3 is 12.1 Å². The van der Waals surface area contributed by atoms with E-state index >= 15 is 0 Å². The number of carbonyl (C=O) groups excluding carboxylic acids is 1. The van der Waals surface area contributed by atoms with Crippen LogP contribution >= 0.6 is 0 Å². The molecule has 0 saturated carbocycles. The molecule has 2 fully saturated rings. The van der Waals surface area contributed by atoms with Gasteiger partial charge in [-0.15, -0.1) is 0 Å². The Labute approximate surface area is 228 Å². The average Bonchev–Trinajstić information content (AvgIpc) is 2.96. The van der Waals surface area contributed by atoms with Crippen LogP contribution in [0.15, 0.2) is 42.5 Å². The number of hydrogen-bond acceptors (Lipinski definition) is 8. The van der Waals surface area contributed by atoms with Crippen LogP contribution in [0.5, 0.6) is 0 Å². The number of non-ortho nitro benzene ring substituents is 1. The first-order valence-electron chi connectivity index (χ1n) is 13.1. The van der Waals surface area contributed by atoms with Gasteiger partial charge in [-0.2, -0.15) is 13.2 Å². The standard InChI is InChI=1S/C28H29F3N4O5/c1-39-27(36)25-22-16-21(35(37)38)5-6-24(22)32-26(18-3-2-4-19(15-18)28(29,30)31)23(25)17-33-9-7-20(8-10-33)34-11-13-40-14-12-34/h2-6,15-16,20H,7-14,17H2,1H3. The largest absolute Gasteiger partial charge is 0.465 e. The van der Waals surface area contributed by atoms with Crippen LogP contribution in [0.1, 0.15) is 34.3 Å². The monoisotopic (exact) mass is 558 g/mol. The van der Waals surface area contributed by atoms with Gasteiger partial charge in [0.15, 0.2) is 0 Å². The fourth-order valence-electron chi connectivity index (χ4n) is 5.58. The molecule has 5 rings (SSSR count). The van der Waals surface area contributed by atoms with E-state index in [2.05, 4.69) is 14.8 Å². The Bertz CT molecular complexity index is 1420. The summed E-state index contributed by atoms with van der Waals surface area (Å²) in [5.41, 5.74) is 0.0220. The maximum absolute atomic E-state index is 13.6. The molecule has 0 atom stereocenters. The molecule has 0 aliphatic carbocycles. The van der Waals surface area contributed by atoms with E-state index in [0.29, 0.717) is 37.9 Å². The first kappa shape index (κ1) is 27.9. The van der Waals surface area contributed by atoms with E-state index in [0.717, 1.165) is 38.1 Å². The lowest BCUT2D eigenvalue weighted by molar-refractivity contribution is -0.384. The highest BCUT2D eigenvalue weighted by atomic mass is 19.4. The third-order valence-electron chi connectivity index (χ3n) is 7.63. The second-order valence-electron chi connectivity index (χ2n) is 10.00. The quantitative estimate of drug-likeness (QED) is 0.239. The van der Waals surface area contributed by atoms with Crippen molar-refractivity contribution in [3.8, 4) is 11.3 Å². The molecule has 3 heterocycles. The van der Waals surface area contributed by atoms with Crippen molar-refractivity contribution in [2.75, 3.05) is 46.5 Å². The Morgan fingerprint density at radius 3 is 2.50 bits per heavy atom. The molecule has 212 valence electrons. The maximum atomic E-state index is 13.6. The number of carbonyl (C=O) groups is 1. The molecule has 0 spiro atoms. The number of hydrogen-bond donors (Lipinski definition) is 0. The highest BCUT2D eigenvalue weighted by Gasteiger charge is 2.32. The molecule has 1 aromatic heterocycles. The molecule has 12 heteroatoms. The minimum absolute atomic E-state index is 0.0684. The van der Waals surface area contributed by atoms with Crippen LogP contribution in [0.2, 0.25) is 0 Å². The number of alkyl halides is 3. The second kappa shape index (κ2) is 11.5. The third-order valence-corrected chi connectivity index (χ3v) is 7.63. The van der Waals surface area contributed by atoms with Gasteiger partial charge in [0.2, 0.25) is 0 Å². The number of morpholine rings is 1. The molecule has 2 aliphatic rings. The summed E-state index contributed by atoms with van der Waals surface area (Å²) in [6, 6.07) is 9.12. The Balaban J connectivity index is 1.60. The van der Waals surface area contributed by atoms with Gasteiger partial charge in [-0.25, -0.2) is 9.78 Å². The smallest absolute Gasteiger partial charge is 0.416 e. The van der Waals surface area contributed by atoms with E-state index in [-0.39, 0.29) is 40.0 Å². The van der Waals surface area contributed by atoms with Crippen molar-refractivity contribution >= 4 is 22.6 Å². The fraction of sp³-hybridized carbons (Fsp3) is 0.429. The van der Waals surface area contributed by atoms with Crippen molar-refractivity contribution in [3.05, 3.63) is 69.3 Å². The number of rotatable bonds is 6. The van der Waals surface area contributed by atoms with E-state index in [1.54, 1.807) is 0 Å². The molecule has 2 saturated heterocycles. The van der Waals surface area contributed by atoms with Gasteiger partial charge in [0.25, 0.3) is 5.69 Å². The number of methoxy groups -OCH3 is 1. The lowest BCUT2D eigenvalue weighted by Gasteiger charge is -2.40. The number of fused-ring (bicyclic) bond motifs is 1. The first-order chi connectivity index (χ1) is 19.2. The minimum atomic E-state index is -4.57. The molecule has 2 aromatic carbocycles. The number of aromatic nitrogens is 1. The molecule has 0 N–H and O–H groups in total. The predicted octanol–water partition coefficient (Wildman–Crippen LogP) is 4.91. The number of ether oxygens (including phenoxy) is 2. The molecule has 2 aliphatic heterocycles. The Hall–Kier alpha value is -3.61. The number of pyridine rings is 1. The summed E-state index contributed by atoms with van der Waals surface area (Å²) in [7, 11) is 1.20. The lowest BCUT2D eigenvalue weighted by atomic mass is 9.94. The highest BCUT2D eigenvalue weighted by molar-refractivity contribution is 6.07. The summed E-state index contributed by atoms with van der Waals surface area (Å²) in [6.07, 6.45) is -2.79. The van der Waals surface area contributed by atoms with Crippen LogP contribution in [-0.4, -0.2) is 78.2 Å². The fourth-order valence-corrected chi connectivity index (χ4v) is 5.58. The van der Waals surface area contributed by atoms with Crippen LogP contribution in [-0.2, 0) is 22.2 Å². The van der Waals surface area contributed by atoms with Crippen LogP contribution in [0.25, 0.3) is 22.2 Å². The van der Waals surface area contributed by atoms with Gasteiger partial charge in [0, 0.05) is 54.3 Å². The van der Waals surface area contributed by atoms with Crippen LogP contribution in [0, 0.1) is 10.1 Å². The number of halogens is 3. The number of piperidine rings is 1. The lowest BCUT2D eigenvalue weighted by Crippen LogP contribution is -2.48. The van der Waals surface area contributed by atoms with Crippen molar-refractivity contribution in [1.29, 1.82) is 0 Å². The van der Waals surface area contributed by atoms with E-state index in [1.807, 2.05) is 0 Å². The van der Waals surface area contributed by atoms with E-state index in [4.69, 9.17) is 9.47 Å². The summed E-state index contributed by atoms with van der Waals surface area (Å²) in [4.78, 5) is 33.4. The Morgan fingerprint density at radius 2 is 1.85 bits per heavy atom. The zero-order chi connectivity index (χ0) is 28.4. The average molecular weight is 559 g/mol. The third kappa shape index (κ3) is 5.79. The topological polar surface area (TPSA) is 98.0 Å². The van der Waals surface area contributed by atoms with Crippen LogP contribution in [0.3, 0.4) is 0 Å². The van der Waals surface area contributed by atoms with Gasteiger partial charge in [-0.05, 0) is 44.1 Å². The number of nitro groups is 1. The highest BCUT2D eigenvalue weighted by Crippen LogP contribution is 2.37. The van der Waals surface area contributed by atoms with Crippen molar-refractivity contribution in [1.82, 2.24) is 14.8 Å². The van der Waals surface area contributed by atoms with Gasteiger partial charge in [-0.1, -0.05) is 12.1 Å². The molecule has 0 radical (unpaired) electrons. The molecule has 9 nitrogen and oxygen atoms in total. The van der Waals surface area contributed by atoms with Gasteiger partial charge in [0.05, 0.1) is 47.6 Å². The zero-order valence-corrected chi connectivity index (χ0v) is 21.9. The summed E-state index contributed by atoms with van der Waals surface area (Å²) < 4.78 is 51.4. The molecule has 0 amide bonds. The number of likely N-dealkylation sites (tertiary alicyclic amines) is 1. The first-order valence-corrected chi connectivity index (χ1v) is 13.1. The summed E-state index contributed by atoms with van der Waals surface area (Å²) in [5, 5.41) is 11.7. The van der Waals surface area contributed by atoms with Crippen molar-refractivity contribution in [2.45, 2.75) is 31.6 Å². The van der Waals surface area contributed by atoms with E-state index < -0.39 is 22.6 Å². The zero-order valence-electron chi connectivity index (χ0n) is 21.9. The number of nitrogens with zero attached hydrogens (tertiary/aromatic N) is 4. The maximum Gasteiger partial charge on any atom is 0.416 e. The van der Waals surface area contributed by atoms with Gasteiger partial charge < -0.3 is 9.47 Å². The summed E-state index contributed by atoms with van der Waals surface area (Å²) in [5.74, 6) is -0.737. The molecule has 40 heavy (non-hydrogen) atoms. The number of benzene rings is 2. The van der Waals surface area contributed by atoms with E-state index in [9.17, 15) is 28.1 Å². The Morgan fingerprint density at radius 1 is 1.12 bits per heavy atom. The molecule has 0 bridgehead atoms. The van der Waals surface area contributed by atoms with Gasteiger partial charge in [-0.3, -0.25) is 19.9 Å². The number of esters is 1. The van der Waals surface area contributed by atoms with Crippen molar-refractivity contribution < 1.29 is 32.4 Å². The molecule has 0 unspecified atom stereocenters. The minimum Gasteiger partial charge on any atom is -0.465 e. The predicted molar refractivity (Wildman–Crippen MR) is 141 cm³/mol. The van der Waals surface area contributed by atoms with E-state index in [1.165, 1.54) is 37.4 Å². The molecule has 3 aromatic rings. The number of nitro benzene ring substituents is 1. The second-order valence-corrected chi connectivity index (χ2v) is 10.00. The molecular formula is C28H29F3N4O5. The normalized spacial score (nSPS) is 17.7. The van der Waals surface area contributed by atoms with Crippen molar-refractivity contribution in [3.63, 3.8) is 0 Å². The van der Waals surface area contributed by atoms with Gasteiger partial charge in [0.1, 0.15) is 0 Å². The summed E-state index contributed by atoms with van der Waals surface area (Å²) >= 11 is 0. The van der Waals surface area contributed by atoms with Crippen LogP contribution < -0.4 is 0 Å². The molecular weight excluding hydrogens is 529 g/mol.